The average molecular weight is 447 g/mol. The van der Waals surface area contributed by atoms with Gasteiger partial charge in [0.05, 0.1) is 26.7 Å². The molecule has 1 atom stereocenters. The van der Waals surface area contributed by atoms with Crippen LogP contribution in [-0.4, -0.2) is 38.0 Å². The van der Waals surface area contributed by atoms with Gasteiger partial charge >= 0.3 is 12.1 Å². The van der Waals surface area contributed by atoms with E-state index in [0.29, 0.717) is 17.1 Å². The number of carboxylic acids is 1. The number of carboxylic acid groups (broad SMARTS) is 1. The second-order valence-electron chi connectivity index (χ2n) is 7.73. The summed E-state index contributed by atoms with van der Waals surface area (Å²) >= 11 is 0. The molecule has 0 bridgehead atoms. The fourth-order valence-electron chi connectivity index (χ4n) is 4.28. The zero-order chi connectivity index (χ0) is 23.4. The first-order valence-electron chi connectivity index (χ1n) is 10.6. The first-order chi connectivity index (χ1) is 16.0. The maximum atomic E-state index is 12.7. The van der Waals surface area contributed by atoms with Crippen LogP contribution in [0.1, 0.15) is 35.1 Å². The standard InChI is InChI=1S/C26H25NO6/c1-31-23-12-11-16(13-24(23)32-2)22(14-25(28)29)27-26(30)33-15-21-19-9-5-3-7-17(19)18-8-4-6-10-20(18)21/h3-13,21-22H,14-15H2,1-2H3,(H,27,30)(H,28,29)/t22-/m1/s1. The Morgan fingerprint density at radius 3 is 2.09 bits per heavy atom. The van der Waals surface area contributed by atoms with E-state index in [-0.39, 0.29) is 18.9 Å². The summed E-state index contributed by atoms with van der Waals surface area (Å²) in [5.74, 6) is -0.174. The summed E-state index contributed by atoms with van der Waals surface area (Å²) in [7, 11) is 3.01. The van der Waals surface area contributed by atoms with Gasteiger partial charge in [-0.25, -0.2) is 4.79 Å². The first kappa shape index (κ1) is 22.2. The second kappa shape index (κ2) is 9.65. The van der Waals surface area contributed by atoms with Gasteiger partial charge in [0.25, 0.3) is 0 Å². The van der Waals surface area contributed by atoms with Crippen LogP contribution >= 0.6 is 0 Å². The third-order valence-corrected chi connectivity index (χ3v) is 5.82. The molecule has 0 radical (unpaired) electrons. The van der Waals surface area contributed by atoms with Crippen LogP contribution in [0.25, 0.3) is 11.1 Å². The van der Waals surface area contributed by atoms with Crippen LogP contribution in [0, 0.1) is 0 Å². The normalized spacial score (nSPS) is 12.9. The molecule has 0 fully saturated rings. The van der Waals surface area contributed by atoms with Crippen molar-refractivity contribution in [2.45, 2.75) is 18.4 Å². The van der Waals surface area contributed by atoms with Crippen LogP contribution in [-0.2, 0) is 9.53 Å². The molecular weight excluding hydrogens is 422 g/mol. The van der Waals surface area contributed by atoms with E-state index < -0.39 is 18.1 Å². The molecule has 1 aliphatic carbocycles. The topological polar surface area (TPSA) is 94.1 Å². The lowest BCUT2D eigenvalue weighted by Gasteiger charge is -2.20. The van der Waals surface area contributed by atoms with Crippen LogP contribution in [0.5, 0.6) is 11.5 Å². The Balaban J connectivity index is 1.49. The number of ether oxygens (including phenoxy) is 3. The molecule has 0 saturated heterocycles. The van der Waals surface area contributed by atoms with Crippen molar-refractivity contribution >= 4 is 12.1 Å². The third kappa shape index (κ3) is 4.62. The van der Waals surface area contributed by atoms with Crippen LogP contribution in [0.4, 0.5) is 4.79 Å². The van der Waals surface area contributed by atoms with Crippen molar-refractivity contribution in [3.05, 3.63) is 83.4 Å². The monoisotopic (exact) mass is 447 g/mol. The second-order valence-corrected chi connectivity index (χ2v) is 7.73. The summed E-state index contributed by atoms with van der Waals surface area (Å²) in [4.78, 5) is 24.1. The molecule has 0 aromatic heterocycles. The van der Waals surface area contributed by atoms with Crippen molar-refractivity contribution in [3.63, 3.8) is 0 Å². The summed E-state index contributed by atoms with van der Waals surface area (Å²) in [6, 6.07) is 20.3. The summed E-state index contributed by atoms with van der Waals surface area (Å²) in [5.41, 5.74) is 5.05. The molecule has 0 aliphatic heterocycles. The molecule has 3 aromatic carbocycles. The predicted molar refractivity (Wildman–Crippen MR) is 123 cm³/mol. The number of hydrogen-bond acceptors (Lipinski definition) is 5. The Hall–Kier alpha value is -4.00. The Kier molecular flexibility index (Phi) is 6.49. The molecule has 0 spiro atoms. The van der Waals surface area contributed by atoms with E-state index in [1.165, 1.54) is 14.2 Å². The first-order valence-corrected chi connectivity index (χ1v) is 10.6. The van der Waals surface area contributed by atoms with E-state index in [1.807, 2.05) is 36.4 Å². The molecule has 33 heavy (non-hydrogen) atoms. The number of benzene rings is 3. The highest BCUT2D eigenvalue weighted by atomic mass is 16.5. The number of carbonyl (C=O) groups is 2. The van der Waals surface area contributed by atoms with Gasteiger partial charge < -0.3 is 24.6 Å². The number of rotatable bonds is 8. The highest BCUT2D eigenvalue weighted by Gasteiger charge is 2.29. The van der Waals surface area contributed by atoms with E-state index in [2.05, 4.69) is 17.4 Å². The van der Waals surface area contributed by atoms with Gasteiger partial charge in [0, 0.05) is 5.92 Å². The van der Waals surface area contributed by atoms with E-state index in [9.17, 15) is 14.7 Å². The Morgan fingerprint density at radius 1 is 0.909 bits per heavy atom. The molecule has 1 aliphatic rings. The molecule has 1 amide bonds. The summed E-state index contributed by atoms with van der Waals surface area (Å²) in [6.07, 6.45) is -0.988. The summed E-state index contributed by atoms with van der Waals surface area (Å²) in [6.45, 7) is 0.144. The quantitative estimate of drug-likeness (QED) is 0.517. The number of carbonyl (C=O) groups excluding carboxylic acids is 1. The van der Waals surface area contributed by atoms with Gasteiger partial charge in [0.1, 0.15) is 6.61 Å². The molecule has 4 rings (SSSR count). The highest BCUT2D eigenvalue weighted by Crippen LogP contribution is 2.44. The lowest BCUT2D eigenvalue weighted by atomic mass is 9.98. The van der Waals surface area contributed by atoms with Gasteiger partial charge in [-0.15, -0.1) is 0 Å². The molecule has 0 heterocycles. The fourth-order valence-corrected chi connectivity index (χ4v) is 4.28. The van der Waals surface area contributed by atoms with Crippen LogP contribution in [0.15, 0.2) is 66.7 Å². The van der Waals surface area contributed by atoms with Crippen LogP contribution < -0.4 is 14.8 Å². The van der Waals surface area contributed by atoms with Gasteiger partial charge in [0.15, 0.2) is 11.5 Å². The molecular formula is C26H25NO6. The number of methoxy groups -OCH3 is 2. The maximum absolute atomic E-state index is 12.7. The van der Waals surface area contributed by atoms with Crippen molar-refractivity contribution in [1.29, 1.82) is 0 Å². The largest absolute Gasteiger partial charge is 0.493 e. The Bertz CT molecular complexity index is 1130. The minimum Gasteiger partial charge on any atom is -0.493 e. The number of fused-ring (bicyclic) bond motifs is 3. The van der Waals surface area contributed by atoms with E-state index in [4.69, 9.17) is 14.2 Å². The molecule has 0 saturated carbocycles. The van der Waals surface area contributed by atoms with E-state index in [1.54, 1.807) is 18.2 Å². The zero-order valence-corrected chi connectivity index (χ0v) is 18.4. The minimum atomic E-state index is -1.05. The zero-order valence-electron chi connectivity index (χ0n) is 18.4. The SMILES string of the molecule is COc1ccc([C@@H](CC(=O)O)NC(=O)OCC2c3ccccc3-c3ccccc32)cc1OC. The van der Waals surface area contributed by atoms with Crippen molar-refractivity contribution in [2.75, 3.05) is 20.8 Å². The third-order valence-electron chi connectivity index (χ3n) is 5.82. The van der Waals surface area contributed by atoms with Gasteiger partial charge in [-0.05, 0) is 39.9 Å². The van der Waals surface area contributed by atoms with Gasteiger partial charge in [-0.1, -0.05) is 54.6 Å². The van der Waals surface area contributed by atoms with Crippen molar-refractivity contribution in [3.8, 4) is 22.6 Å². The number of amides is 1. The number of aliphatic carboxylic acids is 1. The number of alkyl carbamates (subject to hydrolysis) is 1. The molecule has 0 unspecified atom stereocenters. The Labute approximate surface area is 191 Å². The van der Waals surface area contributed by atoms with E-state index >= 15 is 0 Å². The lowest BCUT2D eigenvalue weighted by Crippen LogP contribution is -2.31. The van der Waals surface area contributed by atoms with Crippen LogP contribution in [0.2, 0.25) is 0 Å². The molecule has 2 N–H and O–H groups in total. The fraction of sp³-hybridized carbons (Fsp3) is 0.231. The maximum Gasteiger partial charge on any atom is 0.407 e. The molecule has 7 heteroatoms. The van der Waals surface area contributed by atoms with Gasteiger partial charge in [-0.2, -0.15) is 0 Å². The predicted octanol–water partition coefficient (Wildman–Crippen LogP) is 4.76. The molecule has 3 aromatic rings. The summed E-state index contributed by atoms with van der Waals surface area (Å²) < 4.78 is 16.1. The lowest BCUT2D eigenvalue weighted by molar-refractivity contribution is -0.137. The number of hydrogen-bond donors (Lipinski definition) is 2. The summed E-state index contributed by atoms with van der Waals surface area (Å²) in [5, 5.41) is 12.0. The smallest absolute Gasteiger partial charge is 0.407 e. The number of nitrogens with one attached hydrogen (secondary N) is 1. The average Bonchev–Trinajstić information content (AvgIpc) is 3.15. The van der Waals surface area contributed by atoms with Gasteiger partial charge in [-0.3, -0.25) is 4.79 Å². The molecule has 170 valence electrons. The van der Waals surface area contributed by atoms with Gasteiger partial charge in [0.2, 0.25) is 0 Å². The van der Waals surface area contributed by atoms with Crippen molar-refractivity contribution in [1.82, 2.24) is 5.32 Å². The minimum absolute atomic E-state index is 0.0813. The Morgan fingerprint density at radius 2 is 1.52 bits per heavy atom. The molecule has 7 nitrogen and oxygen atoms in total. The van der Waals surface area contributed by atoms with E-state index in [0.717, 1.165) is 22.3 Å². The van der Waals surface area contributed by atoms with Crippen LogP contribution in [0.3, 0.4) is 0 Å². The van der Waals surface area contributed by atoms with Crippen molar-refractivity contribution < 1.29 is 28.9 Å². The van der Waals surface area contributed by atoms with Crippen molar-refractivity contribution in [2.24, 2.45) is 0 Å². The highest BCUT2D eigenvalue weighted by molar-refractivity contribution is 5.79.